The molecule has 1 aromatic heterocycles. The number of carbonyl (C=O) groups excluding carboxylic acids is 1. The number of fused-ring (bicyclic) bond motifs is 1. The van der Waals surface area contributed by atoms with Crippen LogP contribution in [0.3, 0.4) is 0 Å². The fourth-order valence-electron chi connectivity index (χ4n) is 3.01. The van der Waals surface area contributed by atoms with Crippen molar-refractivity contribution in [1.82, 2.24) is 4.98 Å². The van der Waals surface area contributed by atoms with Crippen molar-refractivity contribution in [2.24, 2.45) is 0 Å². The monoisotopic (exact) mass is 472 g/mol. The molecule has 1 N–H and O–H groups in total. The number of para-hydroxylation sites is 2. The Balaban J connectivity index is 1.57. The second-order valence-electron chi connectivity index (χ2n) is 6.51. The molecular weight excluding hydrogens is 459 g/mol. The van der Waals surface area contributed by atoms with Gasteiger partial charge < -0.3 is 14.5 Å². The number of oxazole rings is 1. The van der Waals surface area contributed by atoms with Gasteiger partial charge >= 0.3 is 0 Å². The summed E-state index contributed by atoms with van der Waals surface area (Å²) in [6.07, 6.45) is 2.90. The molecule has 3 aromatic carbocycles. The van der Waals surface area contributed by atoms with Gasteiger partial charge in [0, 0.05) is 22.2 Å². The number of hydrogen-bond acceptors (Lipinski definition) is 4. The van der Waals surface area contributed by atoms with E-state index in [0.29, 0.717) is 49.1 Å². The van der Waals surface area contributed by atoms with Crippen molar-refractivity contribution < 1.29 is 13.9 Å². The van der Waals surface area contributed by atoms with Crippen LogP contribution in [0.5, 0.6) is 5.75 Å². The first-order valence-electron chi connectivity index (χ1n) is 9.12. The van der Waals surface area contributed by atoms with Crippen molar-refractivity contribution in [2.75, 3.05) is 12.4 Å². The van der Waals surface area contributed by atoms with Crippen LogP contribution in [-0.2, 0) is 4.79 Å². The highest BCUT2D eigenvalue weighted by Gasteiger charge is 2.12. The standard InChI is InChI=1S/C23H15Cl3N2O3/c1-30-22-13(10-15(24)12-17(22)26)7-9-21(29)27-19-11-14(6-8-16(19)25)23-28-18-4-2-3-5-20(18)31-23/h2-12H,1H3,(H,27,29). The molecule has 0 aliphatic carbocycles. The molecule has 0 bridgehead atoms. The van der Waals surface area contributed by atoms with E-state index in [2.05, 4.69) is 10.3 Å². The van der Waals surface area contributed by atoms with Crippen molar-refractivity contribution >= 4 is 63.6 Å². The van der Waals surface area contributed by atoms with Gasteiger partial charge in [-0.25, -0.2) is 4.98 Å². The summed E-state index contributed by atoms with van der Waals surface area (Å²) in [4.78, 5) is 17.0. The zero-order valence-corrected chi connectivity index (χ0v) is 18.4. The quantitative estimate of drug-likeness (QED) is 0.314. The summed E-state index contributed by atoms with van der Waals surface area (Å²) in [5.41, 5.74) is 3.10. The van der Waals surface area contributed by atoms with E-state index >= 15 is 0 Å². The van der Waals surface area contributed by atoms with E-state index in [9.17, 15) is 4.79 Å². The maximum atomic E-state index is 12.5. The number of carbonyl (C=O) groups is 1. The molecule has 31 heavy (non-hydrogen) atoms. The maximum absolute atomic E-state index is 12.5. The van der Waals surface area contributed by atoms with Gasteiger partial charge in [-0.1, -0.05) is 46.9 Å². The summed E-state index contributed by atoms with van der Waals surface area (Å²) >= 11 is 18.4. The number of aromatic nitrogens is 1. The topological polar surface area (TPSA) is 64.4 Å². The molecule has 156 valence electrons. The van der Waals surface area contributed by atoms with Crippen LogP contribution < -0.4 is 10.1 Å². The van der Waals surface area contributed by atoms with Crippen LogP contribution in [0.15, 0.2) is 65.1 Å². The summed E-state index contributed by atoms with van der Waals surface area (Å²) in [6.45, 7) is 0. The van der Waals surface area contributed by atoms with Crippen LogP contribution in [0.1, 0.15) is 5.56 Å². The van der Waals surface area contributed by atoms with Gasteiger partial charge in [0.15, 0.2) is 5.58 Å². The molecular formula is C23H15Cl3N2O3. The average molecular weight is 474 g/mol. The van der Waals surface area contributed by atoms with E-state index in [0.717, 1.165) is 5.52 Å². The van der Waals surface area contributed by atoms with Gasteiger partial charge in [0.05, 0.1) is 22.8 Å². The molecule has 0 saturated heterocycles. The highest BCUT2D eigenvalue weighted by Crippen LogP contribution is 2.33. The Morgan fingerprint density at radius 1 is 1.06 bits per heavy atom. The largest absolute Gasteiger partial charge is 0.495 e. The van der Waals surface area contributed by atoms with Gasteiger partial charge in [-0.15, -0.1) is 0 Å². The highest BCUT2D eigenvalue weighted by atomic mass is 35.5. The third kappa shape index (κ3) is 4.69. The summed E-state index contributed by atoms with van der Waals surface area (Å²) in [5, 5.41) is 3.92. The zero-order chi connectivity index (χ0) is 22.0. The second kappa shape index (κ2) is 9.02. The Labute approximate surface area is 193 Å². The summed E-state index contributed by atoms with van der Waals surface area (Å²) in [5.74, 6) is 0.461. The SMILES string of the molecule is COc1c(Cl)cc(Cl)cc1C=CC(=O)Nc1cc(-c2nc3ccccc3o2)ccc1Cl. The van der Waals surface area contributed by atoms with E-state index in [1.807, 2.05) is 24.3 Å². The lowest BCUT2D eigenvalue weighted by atomic mass is 10.1. The number of methoxy groups -OCH3 is 1. The van der Waals surface area contributed by atoms with E-state index in [1.165, 1.54) is 13.2 Å². The predicted octanol–water partition coefficient (Wildman–Crippen LogP) is 7.12. The molecule has 4 rings (SSSR count). The van der Waals surface area contributed by atoms with Crippen molar-refractivity contribution in [3.05, 3.63) is 81.3 Å². The van der Waals surface area contributed by atoms with E-state index < -0.39 is 5.91 Å². The molecule has 8 heteroatoms. The Kier molecular flexibility index (Phi) is 6.18. The lowest BCUT2D eigenvalue weighted by molar-refractivity contribution is -0.111. The Hall–Kier alpha value is -2.99. The minimum atomic E-state index is -0.394. The van der Waals surface area contributed by atoms with Gasteiger partial charge in [0.1, 0.15) is 11.3 Å². The van der Waals surface area contributed by atoms with Gasteiger partial charge in [0.25, 0.3) is 0 Å². The molecule has 1 amide bonds. The number of halogens is 3. The number of benzene rings is 3. The number of nitrogens with zero attached hydrogens (tertiary/aromatic N) is 1. The normalized spacial score (nSPS) is 11.2. The van der Waals surface area contributed by atoms with Gasteiger partial charge in [-0.2, -0.15) is 0 Å². The number of rotatable bonds is 5. The Morgan fingerprint density at radius 3 is 2.65 bits per heavy atom. The van der Waals surface area contributed by atoms with Crippen LogP contribution >= 0.6 is 34.8 Å². The lowest BCUT2D eigenvalue weighted by Gasteiger charge is -2.08. The molecule has 0 aliphatic heterocycles. The van der Waals surface area contributed by atoms with Gasteiger partial charge in [0.2, 0.25) is 11.8 Å². The van der Waals surface area contributed by atoms with E-state index in [4.69, 9.17) is 44.0 Å². The molecule has 0 unspecified atom stereocenters. The number of nitrogens with one attached hydrogen (secondary N) is 1. The smallest absolute Gasteiger partial charge is 0.248 e. The van der Waals surface area contributed by atoms with Crippen LogP contribution in [0.25, 0.3) is 28.6 Å². The van der Waals surface area contributed by atoms with Crippen molar-refractivity contribution in [2.45, 2.75) is 0 Å². The van der Waals surface area contributed by atoms with Gasteiger partial charge in [-0.05, 0) is 48.5 Å². The highest BCUT2D eigenvalue weighted by molar-refractivity contribution is 6.36. The molecule has 5 nitrogen and oxygen atoms in total. The third-order valence-corrected chi connectivity index (χ3v) is 5.25. The van der Waals surface area contributed by atoms with E-state index in [1.54, 1.807) is 36.4 Å². The summed E-state index contributed by atoms with van der Waals surface area (Å²) in [7, 11) is 1.49. The summed E-state index contributed by atoms with van der Waals surface area (Å²) in [6, 6.07) is 15.8. The Bertz CT molecular complexity index is 1280. The number of hydrogen-bond donors (Lipinski definition) is 1. The molecule has 0 aliphatic rings. The lowest BCUT2D eigenvalue weighted by Crippen LogP contribution is -2.08. The van der Waals surface area contributed by atoms with Crippen LogP contribution in [-0.4, -0.2) is 18.0 Å². The molecule has 0 spiro atoms. The maximum Gasteiger partial charge on any atom is 0.248 e. The minimum absolute atomic E-state index is 0.351. The first-order valence-corrected chi connectivity index (χ1v) is 10.3. The number of anilines is 1. The van der Waals surface area contributed by atoms with Crippen LogP contribution in [0.4, 0.5) is 5.69 Å². The average Bonchev–Trinajstić information content (AvgIpc) is 3.18. The minimum Gasteiger partial charge on any atom is -0.495 e. The van der Waals surface area contributed by atoms with Crippen LogP contribution in [0, 0.1) is 0 Å². The summed E-state index contributed by atoms with van der Waals surface area (Å²) < 4.78 is 11.1. The van der Waals surface area contributed by atoms with Crippen LogP contribution in [0.2, 0.25) is 15.1 Å². The first-order chi connectivity index (χ1) is 14.9. The van der Waals surface area contributed by atoms with Gasteiger partial charge in [-0.3, -0.25) is 4.79 Å². The molecule has 0 atom stereocenters. The third-order valence-electron chi connectivity index (χ3n) is 4.42. The second-order valence-corrected chi connectivity index (χ2v) is 7.76. The zero-order valence-electron chi connectivity index (χ0n) is 16.2. The molecule has 0 saturated carbocycles. The fourth-order valence-corrected chi connectivity index (χ4v) is 3.76. The van der Waals surface area contributed by atoms with Crippen molar-refractivity contribution in [3.63, 3.8) is 0 Å². The molecule has 1 heterocycles. The fraction of sp³-hybridized carbons (Fsp3) is 0.0435. The Morgan fingerprint density at radius 2 is 1.87 bits per heavy atom. The molecule has 0 fully saturated rings. The van der Waals surface area contributed by atoms with E-state index in [-0.39, 0.29) is 0 Å². The van der Waals surface area contributed by atoms with Crippen molar-refractivity contribution in [1.29, 1.82) is 0 Å². The number of amides is 1. The first kappa shape index (κ1) is 21.2. The van der Waals surface area contributed by atoms with Crippen molar-refractivity contribution in [3.8, 4) is 17.2 Å². The molecule has 0 radical (unpaired) electrons. The predicted molar refractivity (Wildman–Crippen MR) is 125 cm³/mol. The number of ether oxygens (including phenoxy) is 1. The molecule has 4 aromatic rings.